The second-order valence-corrected chi connectivity index (χ2v) is 9.08. The van der Waals surface area contributed by atoms with E-state index in [1.807, 2.05) is 6.92 Å². The number of halogens is 2. The molecule has 33 heavy (non-hydrogen) atoms. The number of pyridine rings is 1. The summed E-state index contributed by atoms with van der Waals surface area (Å²) in [6, 6.07) is 8.87. The predicted octanol–water partition coefficient (Wildman–Crippen LogP) is 4.17. The van der Waals surface area contributed by atoms with Crippen LogP contribution in [-0.2, 0) is 11.2 Å². The summed E-state index contributed by atoms with van der Waals surface area (Å²) >= 11 is 0. The van der Waals surface area contributed by atoms with Gasteiger partial charge in [-0.15, -0.1) is 0 Å². The number of aromatic nitrogens is 1. The Morgan fingerprint density at radius 3 is 2.55 bits per heavy atom. The summed E-state index contributed by atoms with van der Waals surface area (Å²) in [5.41, 5.74) is 2.20. The van der Waals surface area contributed by atoms with Gasteiger partial charge in [0.05, 0.1) is 29.1 Å². The van der Waals surface area contributed by atoms with E-state index in [1.165, 1.54) is 6.92 Å². The van der Waals surface area contributed by atoms with Crippen LogP contribution in [0.1, 0.15) is 55.0 Å². The van der Waals surface area contributed by atoms with E-state index in [1.54, 1.807) is 37.4 Å². The molecule has 3 N–H and O–H groups in total. The third-order valence-corrected chi connectivity index (χ3v) is 7.06. The van der Waals surface area contributed by atoms with Gasteiger partial charge in [0.15, 0.2) is 0 Å². The largest absolute Gasteiger partial charge is 0.354 e. The number of hydrogen-bond donors (Lipinski definition) is 3. The zero-order chi connectivity index (χ0) is 23.8. The summed E-state index contributed by atoms with van der Waals surface area (Å²) in [6.45, 7) is 6.68. The van der Waals surface area contributed by atoms with Gasteiger partial charge in [0.25, 0.3) is 5.92 Å². The molecule has 8 heteroatoms. The Morgan fingerprint density at radius 1 is 1.27 bits per heavy atom. The van der Waals surface area contributed by atoms with Gasteiger partial charge < -0.3 is 16.0 Å². The van der Waals surface area contributed by atoms with Crippen LogP contribution in [0.25, 0.3) is 0 Å². The maximum absolute atomic E-state index is 14.9. The van der Waals surface area contributed by atoms with Gasteiger partial charge in [-0.05, 0) is 69.5 Å². The molecule has 0 spiro atoms. The molecule has 1 aromatic carbocycles. The highest BCUT2D eigenvalue weighted by Crippen LogP contribution is 2.71. The Kier molecular flexibility index (Phi) is 6.10. The van der Waals surface area contributed by atoms with Crippen LogP contribution < -0.4 is 16.0 Å². The molecule has 2 atom stereocenters. The summed E-state index contributed by atoms with van der Waals surface area (Å²) in [4.78, 5) is 17.1. The molecular weight excluding hydrogens is 424 g/mol. The van der Waals surface area contributed by atoms with Crippen molar-refractivity contribution in [1.82, 2.24) is 15.6 Å². The first-order valence-electron chi connectivity index (χ1n) is 11.4. The van der Waals surface area contributed by atoms with Gasteiger partial charge in [-0.1, -0.05) is 19.1 Å². The van der Waals surface area contributed by atoms with Crippen LogP contribution in [0.3, 0.4) is 0 Å². The molecule has 2 fully saturated rings. The van der Waals surface area contributed by atoms with E-state index in [0.29, 0.717) is 28.9 Å². The van der Waals surface area contributed by atoms with Crippen LogP contribution in [0.2, 0.25) is 0 Å². The number of anilines is 2. The van der Waals surface area contributed by atoms with Crippen LogP contribution >= 0.6 is 0 Å². The molecule has 6 nitrogen and oxygen atoms in total. The van der Waals surface area contributed by atoms with Crippen molar-refractivity contribution in [2.75, 3.05) is 18.4 Å². The van der Waals surface area contributed by atoms with E-state index >= 15 is 0 Å². The van der Waals surface area contributed by atoms with Crippen LogP contribution in [0.4, 0.5) is 20.2 Å². The number of amides is 1. The van der Waals surface area contributed by atoms with Gasteiger partial charge in [0.2, 0.25) is 5.91 Å². The highest BCUT2D eigenvalue weighted by Gasteiger charge is 2.82. The number of nitriles is 1. The Hall–Kier alpha value is -3.05. The van der Waals surface area contributed by atoms with Gasteiger partial charge >= 0.3 is 0 Å². The van der Waals surface area contributed by atoms with Crippen molar-refractivity contribution in [3.63, 3.8) is 0 Å². The lowest BCUT2D eigenvalue weighted by Gasteiger charge is -2.25. The predicted molar refractivity (Wildman–Crippen MR) is 123 cm³/mol. The van der Waals surface area contributed by atoms with Crippen LogP contribution in [0.15, 0.2) is 30.5 Å². The SMILES string of the molecule is CCc1c(Nc2ccc(C3C(F)(F)C3(C)C(=O)NC3CCNCC3)cc2)cnc(C)c1C#N. The number of nitrogens with zero attached hydrogens (tertiary/aromatic N) is 2. The molecule has 2 unspecified atom stereocenters. The van der Waals surface area contributed by atoms with Crippen molar-refractivity contribution < 1.29 is 13.6 Å². The first-order chi connectivity index (χ1) is 15.7. The van der Waals surface area contributed by atoms with E-state index in [9.17, 15) is 18.8 Å². The Morgan fingerprint density at radius 2 is 1.94 bits per heavy atom. The van der Waals surface area contributed by atoms with Crippen molar-refractivity contribution in [1.29, 1.82) is 5.26 Å². The summed E-state index contributed by atoms with van der Waals surface area (Å²) in [5.74, 6) is -4.83. The van der Waals surface area contributed by atoms with E-state index in [-0.39, 0.29) is 6.04 Å². The monoisotopic (exact) mass is 453 g/mol. The fourth-order valence-electron chi connectivity index (χ4n) is 4.85. The van der Waals surface area contributed by atoms with Crippen molar-refractivity contribution in [3.05, 3.63) is 52.8 Å². The molecular formula is C25H29F2N5O. The van der Waals surface area contributed by atoms with Gasteiger partial charge in [-0.3, -0.25) is 9.78 Å². The summed E-state index contributed by atoms with van der Waals surface area (Å²) in [7, 11) is 0. The van der Waals surface area contributed by atoms with Crippen LogP contribution in [0, 0.1) is 23.7 Å². The van der Waals surface area contributed by atoms with Crippen molar-refractivity contribution in [2.24, 2.45) is 5.41 Å². The average molecular weight is 454 g/mol. The third-order valence-electron chi connectivity index (χ3n) is 7.06. The quantitative estimate of drug-likeness (QED) is 0.611. The molecule has 2 aliphatic rings. The van der Waals surface area contributed by atoms with Crippen LogP contribution in [0.5, 0.6) is 0 Å². The maximum atomic E-state index is 14.9. The zero-order valence-corrected chi connectivity index (χ0v) is 19.1. The standard InChI is InChI=1S/C25H29F2N5O/c1-4-19-20(13-28)15(2)30-14-21(19)31-17-7-5-16(6-8-17)22-24(3,25(22,26)27)23(33)32-18-9-11-29-12-10-18/h5-8,14,18,22,29,31H,4,9-12H2,1-3H3,(H,32,33). The highest BCUT2D eigenvalue weighted by molar-refractivity contribution is 5.90. The van der Waals surface area contributed by atoms with Gasteiger partial charge in [-0.25, -0.2) is 8.78 Å². The second kappa shape index (κ2) is 8.71. The zero-order valence-electron chi connectivity index (χ0n) is 19.1. The van der Waals surface area contributed by atoms with E-state index in [4.69, 9.17) is 0 Å². The molecule has 0 radical (unpaired) electrons. The average Bonchev–Trinajstić information content (AvgIpc) is 3.28. The molecule has 1 aromatic heterocycles. The smallest absolute Gasteiger partial charge is 0.270 e. The number of rotatable bonds is 6. The molecule has 1 aliphatic carbocycles. The van der Waals surface area contributed by atoms with Gasteiger partial charge in [-0.2, -0.15) is 5.26 Å². The lowest BCUT2D eigenvalue weighted by molar-refractivity contribution is -0.130. The lowest BCUT2D eigenvalue weighted by Crippen LogP contribution is -2.46. The minimum Gasteiger partial charge on any atom is -0.354 e. The minimum absolute atomic E-state index is 0.0617. The van der Waals surface area contributed by atoms with E-state index in [0.717, 1.165) is 37.2 Å². The summed E-state index contributed by atoms with van der Waals surface area (Å²) in [6.07, 6.45) is 3.84. The minimum atomic E-state index is -3.10. The first kappa shape index (κ1) is 23.1. The molecule has 1 aliphatic heterocycles. The maximum Gasteiger partial charge on any atom is 0.270 e. The first-order valence-corrected chi connectivity index (χ1v) is 11.4. The van der Waals surface area contributed by atoms with E-state index < -0.39 is 23.2 Å². The van der Waals surface area contributed by atoms with Crippen molar-refractivity contribution >= 4 is 17.3 Å². The Balaban J connectivity index is 1.50. The summed E-state index contributed by atoms with van der Waals surface area (Å²) in [5, 5.41) is 18.7. The molecule has 1 saturated heterocycles. The molecule has 174 valence electrons. The van der Waals surface area contributed by atoms with Gasteiger partial charge in [0.1, 0.15) is 11.5 Å². The highest BCUT2D eigenvalue weighted by atomic mass is 19.3. The Bertz CT molecular complexity index is 1090. The fraction of sp³-hybridized carbons (Fsp3) is 0.480. The topological polar surface area (TPSA) is 89.8 Å². The molecule has 0 bridgehead atoms. The second-order valence-electron chi connectivity index (χ2n) is 9.08. The number of carbonyl (C=O) groups excluding carboxylic acids is 1. The number of hydrogen-bond acceptors (Lipinski definition) is 5. The number of alkyl halides is 2. The van der Waals surface area contributed by atoms with Crippen molar-refractivity contribution in [2.45, 2.75) is 57.9 Å². The number of carbonyl (C=O) groups is 1. The molecule has 2 aromatic rings. The fourth-order valence-corrected chi connectivity index (χ4v) is 4.85. The third kappa shape index (κ3) is 3.95. The number of benzene rings is 1. The molecule has 2 heterocycles. The normalized spacial score (nSPS) is 24.1. The summed E-state index contributed by atoms with van der Waals surface area (Å²) < 4.78 is 29.8. The molecule has 4 rings (SSSR count). The number of piperidine rings is 1. The molecule has 1 amide bonds. The molecule has 1 saturated carbocycles. The van der Waals surface area contributed by atoms with Crippen LogP contribution in [-0.4, -0.2) is 35.9 Å². The lowest BCUT2D eigenvalue weighted by atomic mass is 9.98. The van der Waals surface area contributed by atoms with Gasteiger partial charge in [0, 0.05) is 11.7 Å². The van der Waals surface area contributed by atoms with E-state index in [2.05, 4.69) is 27.0 Å². The number of nitrogens with one attached hydrogen (secondary N) is 3. The number of aryl methyl sites for hydroxylation is 1. The Labute approximate surface area is 192 Å². The van der Waals surface area contributed by atoms with Crippen molar-refractivity contribution in [3.8, 4) is 6.07 Å².